The van der Waals surface area contributed by atoms with E-state index in [1.165, 1.54) is 12.1 Å². The Balaban J connectivity index is 1.56. The second-order valence-corrected chi connectivity index (χ2v) is 8.31. The Morgan fingerprint density at radius 3 is 2.06 bits per heavy atom. The van der Waals surface area contributed by atoms with Gasteiger partial charge in [-0.3, -0.25) is 14.5 Å². The third kappa shape index (κ3) is 5.04. The third-order valence-corrected chi connectivity index (χ3v) is 5.74. The largest absolute Gasteiger partial charge is 0.325 e. The number of nitrogens with zero attached hydrogens (tertiary/aromatic N) is 1. The molecule has 0 aliphatic carbocycles. The van der Waals surface area contributed by atoms with Crippen molar-refractivity contribution in [1.82, 2.24) is 10.2 Å². The topological polar surface area (TPSA) is 78.5 Å². The van der Waals surface area contributed by atoms with Crippen LogP contribution >= 0.6 is 11.6 Å². The predicted molar refractivity (Wildman–Crippen MR) is 123 cm³/mol. The molecule has 1 saturated heterocycles. The first-order chi connectivity index (χ1) is 15.9. The lowest BCUT2D eigenvalue weighted by Crippen LogP contribution is -2.51. The number of benzene rings is 3. The second kappa shape index (κ2) is 9.42. The van der Waals surface area contributed by atoms with Crippen LogP contribution in [0.4, 0.5) is 14.9 Å². The highest BCUT2D eigenvalue weighted by molar-refractivity contribution is 6.31. The molecule has 168 valence electrons. The zero-order valence-electron chi connectivity index (χ0n) is 17.6. The van der Waals surface area contributed by atoms with E-state index in [9.17, 15) is 18.8 Å². The fourth-order valence-corrected chi connectivity index (χ4v) is 4.11. The predicted octanol–water partition coefficient (Wildman–Crippen LogP) is 4.19. The number of rotatable bonds is 7. The van der Waals surface area contributed by atoms with Gasteiger partial charge in [0.05, 0.1) is 5.02 Å². The second-order valence-electron chi connectivity index (χ2n) is 7.91. The molecule has 0 atom stereocenters. The van der Waals surface area contributed by atoms with Crippen molar-refractivity contribution >= 4 is 35.1 Å². The van der Waals surface area contributed by atoms with Crippen LogP contribution < -0.4 is 10.6 Å². The van der Waals surface area contributed by atoms with Gasteiger partial charge in [-0.05, 0) is 29.3 Å². The van der Waals surface area contributed by atoms with E-state index in [2.05, 4.69) is 10.6 Å². The van der Waals surface area contributed by atoms with Gasteiger partial charge in [0.25, 0.3) is 5.91 Å². The van der Waals surface area contributed by atoms with Crippen LogP contribution in [0.2, 0.25) is 5.02 Å². The van der Waals surface area contributed by atoms with Crippen LogP contribution in [0.25, 0.3) is 0 Å². The number of hydrogen-bond donors (Lipinski definition) is 2. The summed E-state index contributed by atoms with van der Waals surface area (Å²) in [7, 11) is 0. The standard InChI is InChI=1S/C25H21ClFN3O3/c26-20-13-19(11-12-21(20)27)28-22(31)16-30-23(32)25(29-24(30)33,14-17-7-3-1-4-8-17)15-18-9-5-2-6-10-18/h1-13H,14-16H2,(H,28,31)(H,29,33). The van der Waals surface area contributed by atoms with Crippen molar-refractivity contribution in [2.45, 2.75) is 18.4 Å². The molecule has 4 amide bonds. The molecular weight excluding hydrogens is 445 g/mol. The van der Waals surface area contributed by atoms with E-state index in [0.29, 0.717) is 0 Å². The van der Waals surface area contributed by atoms with Crippen LogP contribution in [0.5, 0.6) is 0 Å². The van der Waals surface area contributed by atoms with Gasteiger partial charge in [0.2, 0.25) is 5.91 Å². The van der Waals surface area contributed by atoms with Crippen molar-refractivity contribution in [3.63, 3.8) is 0 Å². The Hall–Kier alpha value is -3.71. The monoisotopic (exact) mass is 465 g/mol. The van der Waals surface area contributed by atoms with Gasteiger partial charge in [-0.25, -0.2) is 9.18 Å². The van der Waals surface area contributed by atoms with E-state index >= 15 is 0 Å². The summed E-state index contributed by atoms with van der Waals surface area (Å²) < 4.78 is 13.4. The molecule has 1 aliphatic rings. The van der Waals surface area contributed by atoms with Gasteiger partial charge in [-0.15, -0.1) is 0 Å². The van der Waals surface area contributed by atoms with Crippen molar-refractivity contribution in [2.24, 2.45) is 0 Å². The maximum atomic E-state index is 13.5. The number of urea groups is 1. The third-order valence-electron chi connectivity index (χ3n) is 5.45. The summed E-state index contributed by atoms with van der Waals surface area (Å²) in [6, 6.07) is 21.9. The minimum Gasteiger partial charge on any atom is -0.324 e. The van der Waals surface area contributed by atoms with Crippen LogP contribution in [0.15, 0.2) is 78.9 Å². The van der Waals surface area contributed by atoms with Crippen LogP contribution in [-0.2, 0) is 22.4 Å². The van der Waals surface area contributed by atoms with E-state index in [0.717, 1.165) is 22.1 Å². The van der Waals surface area contributed by atoms with Crippen LogP contribution in [0.3, 0.4) is 0 Å². The van der Waals surface area contributed by atoms with Gasteiger partial charge in [-0.1, -0.05) is 72.3 Å². The van der Waals surface area contributed by atoms with Crippen LogP contribution in [0.1, 0.15) is 11.1 Å². The lowest BCUT2D eigenvalue weighted by atomic mass is 9.84. The summed E-state index contributed by atoms with van der Waals surface area (Å²) in [6.07, 6.45) is 0.554. The molecule has 4 rings (SSSR count). The molecule has 0 spiro atoms. The molecule has 0 radical (unpaired) electrons. The lowest BCUT2D eigenvalue weighted by molar-refractivity contribution is -0.133. The first-order valence-corrected chi connectivity index (χ1v) is 10.7. The average Bonchev–Trinajstić information content (AvgIpc) is 3.01. The Morgan fingerprint density at radius 1 is 0.939 bits per heavy atom. The summed E-state index contributed by atoms with van der Waals surface area (Å²) >= 11 is 5.75. The minimum atomic E-state index is -1.22. The SMILES string of the molecule is O=C(CN1C(=O)NC(Cc2ccccc2)(Cc2ccccc2)C1=O)Nc1ccc(F)c(Cl)c1. The van der Waals surface area contributed by atoms with Crippen molar-refractivity contribution in [1.29, 1.82) is 0 Å². The summed E-state index contributed by atoms with van der Waals surface area (Å²) in [5, 5.41) is 5.23. The molecule has 1 heterocycles. The van der Waals surface area contributed by atoms with Gasteiger partial charge in [-0.2, -0.15) is 0 Å². The zero-order chi connectivity index (χ0) is 23.4. The molecule has 2 N–H and O–H groups in total. The molecule has 1 fully saturated rings. The van der Waals surface area contributed by atoms with Crippen molar-refractivity contribution in [2.75, 3.05) is 11.9 Å². The van der Waals surface area contributed by atoms with Crippen LogP contribution in [-0.4, -0.2) is 34.8 Å². The Kier molecular flexibility index (Phi) is 6.42. The van der Waals surface area contributed by atoms with Gasteiger partial charge in [0, 0.05) is 18.5 Å². The molecule has 33 heavy (non-hydrogen) atoms. The van der Waals surface area contributed by atoms with E-state index in [1.54, 1.807) is 0 Å². The van der Waals surface area contributed by atoms with Crippen molar-refractivity contribution in [3.05, 3.63) is 101 Å². The number of amides is 4. The fraction of sp³-hybridized carbons (Fsp3) is 0.160. The molecule has 3 aromatic rings. The molecule has 0 aromatic heterocycles. The van der Waals surface area contributed by atoms with Gasteiger partial charge in [0.15, 0.2) is 0 Å². The highest BCUT2D eigenvalue weighted by Crippen LogP contribution is 2.27. The number of imide groups is 1. The van der Waals surface area contributed by atoms with Crippen LogP contribution in [0, 0.1) is 5.82 Å². The fourth-order valence-electron chi connectivity index (χ4n) is 3.93. The molecule has 0 saturated carbocycles. The molecule has 3 aromatic carbocycles. The highest BCUT2D eigenvalue weighted by Gasteiger charge is 2.51. The van der Waals surface area contributed by atoms with E-state index in [4.69, 9.17) is 11.6 Å². The quantitative estimate of drug-likeness (QED) is 0.513. The summed E-state index contributed by atoms with van der Waals surface area (Å²) in [5.74, 6) is -1.70. The molecule has 0 bridgehead atoms. The number of carbonyl (C=O) groups excluding carboxylic acids is 3. The molecule has 0 unspecified atom stereocenters. The van der Waals surface area contributed by atoms with E-state index in [1.807, 2.05) is 60.7 Å². The summed E-state index contributed by atoms with van der Waals surface area (Å²) in [4.78, 5) is 39.8. The van der Waals surface area contributed by atoms with Gasteiger partial charge in [0.1, 0.15) is 17.9 Å². The highest BCUT2D eigenvalue weighted by atomic mass is 35.5. The van der Waals surface area contributed by atoms with E-state index < -0.39 is 35.7 Å². The molecular formula is C25H21ClFN3O3. The number of carbonyl (C=O) groups is 3. The lowest BCUT2D eigenvalue weighted by Gasteiger charge is -2.27. The van der Waals surface area contributed by atoms with E-state index in [-0.39, 0.29) is 23.6 Å². The first kappa shape index (κ1) is 22.5. The van der Waals surface area contributed by atoms with Crippen molar-refractivity contribution in [3.8, 4) is 0 Å². The normalized spacial score (nSPS) is 14.8. The maximum absolute atomic E-state index is 13.5. The average molecular weight is 466 g/mol. The number of halogens is 2. The summed E-state index contributed by atoms with van der Waals surface area (Å²) in [6.45, 7) is -0.481. The van der Waals surface area contributed by atoms with Gasteiger partial charge >= 0.3 is 6.03 Å². The summed E-state index contributed by atoms with van der Waals surface area (Å²) in [5.41, 5.74) is 0.807. The molecule has 6 nitrogen and oxygen atoms in total. The smallest absolute Gasteiger partial charge is 0.324 e. The first-order valence-electron chi connectivity index (χ1n) is 10.3. The van der Waals surface area contributed by atoms with Crippen molar-refractivity contribution < 1.29 is 18.8 Å². The Labute approximate surface area is 195 Å². The minimum absolute atomic E-state index is 0.146. The Morgan fingerprint density at radius 2 is 1.52 bits per heavy atom. The molecule has 8 heteroatoms. The Bertz CT molecular complexity index is 1150. The number of hydrogen-bond acceptors (Lipinski definition) is 3. The number of anilines is 1. The molecule has 1 aliphatic heterocycles. The van der Waals surface area contributed by atoms with Gasteiger partial charge < -0.3 is 10.6 Å². The maximum Gasteiger partial charge on any atom is 0.325 e. The zero-order valence-corrected chi connectivity index (χ0v) is 18.3. The number of nitrogens with one attached hydrogen (secondary N) is 2.